The van der Waals surface area contributed by atoms with Gasteiger partial charge in [0.05, 0.1) is 0 Å². The third-order valence-corrected chi connectivity index (χ3v) is 5.82. The highest BCUT2D eigenvalue weighted by Gasteiger charge is 2.14. The third-order valence-electron chi connectivity index (χ3n) is 4.08. The molecule has 0 saturated carbocycles. The molecule has 2 nitrogen and oxygen atoms in total. The number of rotatable bonds is 5. The highest BCUT2D eigenvalue weighted by atomic mass is 32.2. The van der Waals surface area contributed by atoms with Crippen LogP contribution in [0.1, 0.15) is 21.5 Å². The van der Waals surface area contributed by atoms with Gasteiger partial charge in [0, 0.05) is 47.2 Å². The van der Waals surface area contributed by atoms with Crippen LogP contribution in [0.5, 0.6) is 0 Å². The van der Waals surface area contributed by atoms with E-state index in [0.717, 1.165) is 35.7 Å². The first-order valence-corrected chi connectivity index (χ1v) is 10.2. The van der Waals surface area contributed by atoms with E-state index in [1.807, 2.05) is 54.4 Å². The van der Waals surface area contributed by atoms with Gasteiger partial charge in [-0.15, -0.1) is 11.8 Å². The number of hydrogen-bond donors (Lipinski definition) is 0. The first-order valence-electron chi connectivity index (χ1n) is 7.84. The minimum atomic E-state index is 0.107. The molecule has 23 heavy (non-hydrogen) atoms. The molecule has 0 spiro atoms. The van der Waals surface area contributed by atoms with Crippen molar-refractivity contribution in [2.24, 2.45) is 0 Å². The number of hydrogen-bond acceptors (Lipinski definition) is 4. The summed E-state index contributed by atoms with van der Waals surface area (Å²) in [4.78, 5) is 16.2. The fraction of sp³-hybridized carbons (Fsp3) is 0.316. The predicted molar refractivity (Wildman–Crippen MR) is 101 cm³/mol. The van der Waals surface area contributed by atoms with E-state index >= 15 is 0 Å². The van der Waals surface area contributed by atoms with Gasteiger partial charge in [-0.3, -0.25) is 9.69 Å². The van der Waals surface area contributed by atoms with Gasteiger partial charge in [-0.2, -0.15) is 11.8 Å². The summed E-state index contributed by atoms with van der Waals surface area (Å²) in [7, 11) is 0. The fourth-order valence-corrected chi connectivity index (χ4v) is 4.34. The largest absolute Gasteiger partial charge is 0.297 e. The number of thioether (sulfide) groups is 2. The quantitative estimate of drug-likeness (QED) is 0.599. The van der Waals surface area contributed by atoms with E-state index in [1.54, 1.807) is 11.8 Å². The highest BCUT2D eigenvalue weighted by molar-refractivity contribution is 7.99. The SMILES string of the molecule is CSc1ccccc1C(=O)c1ccc(CN2CCSCC2)cc1. The predicted octanol–water partition coefficient (Wildman–Crippen LogP) is 4.19. The monoisotopic (exact) mass is 343 g/mol. The molecule has 0 aliphatic carbocycles. The molecule has 0 aromatic heterocycles. The van der Waals surface area contributed by atoms with Crippen LogP contribution in [0.15, 0.2) is 53.4 Å². The Kier molecular flexibility index (Phi) is 5.81. The average molecular weight is 344 g/mol. The zero-order valence-electron chi connectivity index (χ0n) is 13.3. The Labute approximate surface area is 146 Å². The topological polar surface area (TPSA) is 20.3 Å². The maximum absolute atomic E-state index is 12.7. The fourth-order valence-electron chi connectivity index (χ4n) is 2.77. The van der Waals surface area contributed by atoms with Crippen LogP contribution in [0, 0.1) is 0 Å². The van der Waals surface area contributed by atoms with Gasteiger partial charge in [0.15, 0.2) is 5.78 Å². The van der Waals surface area contributed by atoms with Crippen LogP contribution < -0.4 is 0 Å². The second kappa shape index (κ2) is 8.04. The number of carbonyl (C=O) groups is 1. The molecule has 2 aromatic rings. The molecule has 0 radical (unpaired) electrons. The normalized spacial score (nSPS) is 15.5. The van der Waals surface area contributed by atoms with Crippen molar-refractivity contribution >= 4 is 29.3 Å². The summed E-state index contributed by atoms with van der Waals surface area (Å²) in [6, 6.07) is 15.9. The summed E-state index contributed by atoms with van der Waals surface area (Å²) in [5.41, 5.74) is 2.84. The Bertz CT molecular complexity index is 663. The van der Waals surface area contributed by atoms with Crippen LogP contribution in [0.4, 0.5) is 0 Å². The lowest BCUT2D eigenvalue weighted by atomic mass is 10.0. The molecule has 0 bridgehead atoms. The van der Waals surface area contributed by atoms with Crippen LogP contribution in [-0.4, -0.2) is 41.5 Å². The molecule has 1 saturated heterocycles. The van der Waals surface area contributed by atoms with Crippen molar-refractivity contribution in [1.82, 2.24) is 4.90 Å². The Hall–Kier alpha value is -1.23. The van der Waals surface area contributed by atoms with Crippen molar-refractivity contribution < 1.29 is 4.79 Å². The average Bonchev–Trinajstić information content (AvgIpc) is 2.62. The second-order valence-corrected chi connectivity index (χ2v) is 7.69. The van der Waals surface area contributed by atoms with Gasteiger partial charge < -0.3 is 0 Å². The molecule has 0 amide bonds. The van der Waals surface area contributed by atoms with Crippen LogP contribution in [0.25, 0.3) is 0 Å². The molecular weight excluding hydrogens is 322 g/mol. The van der Waals surface area contributed by atoms with Crippen molar-refractivity contribution in [1.29, 1.82) is 0 Å². The summed E-state index contributed by atoms with van der Waals surface area (Å²) < 4.78 is 0. The van der Waals surface area contributed by atoms with E-state index in [0.29, 0.717) is 0 Å². The summed E-state index contributed by atoms with van der Waals surface area (Å²) in [5.74, 6) is 2.56. The molecule has 1 fully saturated rings. The van der Waals surface area contributed by atoms with E-state index in [9.17, 15) is 4.79 Å². The second-order valence-electron chi connectivity index (χ2n) is 5.61. The Morgan fingerprint density at radius 1 is 1.09 bits per heavy atom. The summed E-state index contributed by atoms with van der Waals surface area (Å²) in [6.45, 7) is 3.30. The third kappa shape index (κ3) is 4.19. The highest BCUT2D eigenvalue weighted by Crippen LogP contribution is 2.23. The minimum absolute atomic E-state index is 0.107. The van der Waals surface area contributed by atoms with E-state index in [-0.39, 0.29) is 5.78 Å². The van der Waals surface area contributed by atoms with Crippen molar-refractivity contribution in [3.05, 3.63) is 65.2 Å². The molecule has 0 atom stereocenters. The molecule has 120 valence electrons. The zero-order chi connectivity index (χ0) is 16.1. The maximum Gasteiger partial charge on any atom is 0.194 e. The molecular formula is C19H21NOS2. The van der Waals surface area contributed by atoms with Crippen molar-refractivity contribution in [2.75, 3.05) is 30.9 Å². The van der Waals surface area contributed by atoms with Crippen LogP contribution in [-0.2, 0) is 6.54 Å². The van der Waals surface area contributed by atoms with E-state index in [4.69, 9.17) is 0 Å². The van der Waals surface area contributed by atoms with Gasteiger partial charge in [0.25, 0.3) is 0 Å². The van der Waals surface area contributed by atoms with E-state index < -0.39 is 0 Å². The number of nitrogens with zero attached hydrogens (tertiary/aromatic N) is 1. The molecule has 4 heteroatoms. The van der Waals surface area contributed by atoms with Gasteiger partial charge in [-0.05, 0) is 24.0 Å². The Balaban J connectivity index is 1.72. The van der Waals surface area contributed by atoms with Crippen molar-refractivity contribution in [3.8, 4) is 0 Å². The van der Waals surface area contributed by atoms with E-state index in [1.165, 1.54) is 17.1 Å². The van der Waals surface area contributed by atoms with Gasteiger partial charge in [0.1, 0.15) is 0 Å². The lowest BCUT2D eigenvalue weighted by Crippen LogP contribution is -2.31. The summed E-state index contributed by atoms with van der Waals surface area (Å²) in [6.07, 6.45) is 2.01. The Morgan fingerprint density at radius 3 is 2.48 bits per heavy atom. The first kappa shape index (κ1) is 16.6. The van der Waals surface area contributed by atoms with Crippen LogP contribution in [0.3, 0.4) is 0 Å². The van der Waals surface area contributed by atoms with Crippen molar-refractivity contribution in [2.45, 2.75) is 11.4 Å². The summed E-state index contributed by atoms with van der Waals surface area (Å²) in [5, 5.41) is 0. The smallest absolute Gasteiger partial charge is 0.194 e. The standard InChI is InChI=1S/C19H21NOS2/c1-22-18-5-3-2-4-17(18)19(21)16-8-6-15(7-9-16)14-20-10-12-23-13-11-20/h2-9H,10-14H2,1H3. The van der Waals surface area contributed by atoms with Gasteiger partial charge in [-0.1, -0.05) is 36.4 Å². The molecule has 1 heterocycles. The van der Waals surface area contributed by atoms with E-state index in [2.05, 4.69) is 17.0 Å². The number of carbonyl (C=O) groups excluding carboxylic acids is 1. The summed E-state index contributed by atoms with van der Waals surface area (Å²) >= 11 is 3.64. The molecule has 3 rings (SSSR count). The lowest BCUT2D eigenvalue weighted by molar-refractivity contribution is 0.103. The zero-order valence-corrected chi connectivity index (χ0v) is 15.0. The van der Waals surface area contributed by atoms with Crippen LogP contribution >= 0.6 is 23.5 Å². The first-order chi connectivity index (χ1) is 11.3. The number of ketones is 1. The van der Waals surface area contributed by atoms with Gasteiger partial charge >= 0.3 is 0 Å². The molecule has 0 N–H and O–H groups in total. The molecule has 2 aromatic carbocycles. The molecule has 0 unspecified atom stereocenters. The lowest BCUT2D eigenvalue weighted by Gasteiger charge is -2.26. The minimum Gasteiger partial charge on any atom is -0.297 e. The van der Waals surface area contributed by atoms with Gasteiger partial charge in [0.2, 0.25) is 0 Å². The maximum atomic E-state index is 12.7. The number of benzene rings is 2. The van der Waals surface area contributed by atoms with Crippen LogP contribution in [0.2, 0.25) is 0 Å². The van der Waals surface area contributed by atoms with Gasteiger partial charge in [-0.25, -0.2) is 0 Å². The van der Waals surface area contributed by atoms with Crippen molar-refractivity contribution in [3.63, 3.8) is 0 Å². The molecule has 1 aliphatic rings. The molecule has 1 aliphatic heterocycles. The Morgan fingerprint density at radius 2 is 1.78 bits per heavy atom.